The van der Waals surface area contributed by atoms with E-state index in [2.05, 4.69) is 4.90 Å². The van der Waals surface area contributed by atoms with Crippen molar-refractivity contribution in [1.82, 2.24) is 9.21 Å². The van der Waals surface area contributed by atoms with Gasteiger partial charge in [0.15, 0.2) is 5.78 Å². The highest BCUT2D eigenvalue weighted by Crippen LogP contribution is 2.38. The van der Waals surface area contributed by atoms with Crippen LogP contribution >= 0.6 is 0 Å². The first-order valence-electron chi connectivity index (χ1n) is 11.3. The zero-order valence-electron chi connectivity index (χ0n) is 18.3. The van der Waals surface area contributed by atoms with Crippen molar-refractivity contribution in [3.63, 3.8) is 0 Å². The summed E-state index contributed by atoms with van der Waals surface area (Å²) in [5.41, 5.74) is 1.27. The maximum absolute atomic E-state index is 13.4. The molecule has 0 spiro atoms. The van der Waals surface area contributed by atoms with Crippen molar-refractivity contribution in [2.45, 2.75) is 70.8 Å². The van der Waals surface area contributed by atoms with E-state index in [9.17, 15) is 17.6 Å². The topological polar surface area (TPSA) is 57.7 Å². The Balaban J connectivity index is 1.67. The van der Waals surface area contributed by atoms with Gasteiger partial charge in [-0.25, -0.2) is 12.8 Å². The number of halogens is 1. The molecule has 2 fully saturated rings. The molecule has 30 heavy (non-hydrogen) atoms. The van der Waals surface area contributed by atoms with Gasteiger partial charge in [0.2, 0.25) is 10.0 Å². The molecule has 0 bridgehead atoms. The molecule has 0 aromatic heterocycles. The van der Waals surface area contributed by atoms with Crippen LogP contribution in [0, 0.1) is 12.7 Å². The number of ketones is 1. The summed E-state index contributed by atoms with van der Waals surface area (Å²) in [5, 5.41) is 0. The van der Waals surface area contributed by atoms with Crippen molar-refractivity contribution in [1.29, 1.82) is 0 Å². The fourth-order valence-corrected chi connectivity index (χ4v) is 6.68. The van der Waals surface area contributed by atoms with E-state index in [0.29, 0.717) is 37.1 Å². The quantitative estimate of drug-likeness (QED) is 0.572. The van der Waals surface area contributed by atoms with E-state index in [1.165, 1.54) is 18.6 Å². The fraction of sp³-hybridized carbons (Fsp3) is 0.696. The highest BCUT2D eigenvalue weighted by atomic mass is 32.2. The number of piperazine rings is 1. The van der Waals surface area contributed by atoms with Crippen LogP contribution in [0.4, 0.5) is 4.39 Å². The molecule has 0 amide bonds. The lowest BCUT2D eigenvalue weighted by Crippen LogP contribution is -2.58. The molecule has 1 aromatic rings. The number of carbonyl (C=O) groups excluding carboxylic acids is 1. The average Bonchev–Trinajstić information content (AvgIpc) is 2.73. The number of hydrogen-bond acceptors (Lipinski definition) is 4. The van der Waals surface area contributed by atoms with Crippen LogP contribution in [-0.4, -0.2) is 60.9 Å². The Kier molecular flexibility index (Phi) is 7.69. The Morgan fingerprint density at radius 2 is 1.77 bits per heavy atom. The van der Waals surface area contributed by atoms with Gasteiger partial charge in [-0.05, 0) is 56.4 Å². The smallest absolute Gasteiger partial charge is 0.214 e. The largest absolute Gasteiger partial charge is 0.295 e. The summed E-state index contributed by atoms with van der Waals surface area (Å²) in [5.74, 6) is -0.0331. The highest BCUT2D eigenvalue weighted by Gasteiger charge is 2.40. The van der Waals surface area contributed by atoms with Gasteiger partial charge in [-0.2, -0.15) is 4.31 Å². The standard InChI is InChI=1S/C23H35FN2O3S/c1-3-17-30(28,29)26-15-13-25(14-16-26)23(10-5-4-6-11-23)12-9-22(27)21-8-7-20(24)18-19(21)2/h7-8,18H,3-6,9-17H2,1-2H3. The second kappa shape index (κ2) is 9.88. The Hall–Kier alpha value is -1.31. The minimum atomic E-state index is -3.16. The van der Waals surface area contributed by atoms with Crippen molar-refractivity contribution in [3.8, 4) is 0 Å². The first-order chi connectivity index (χ1) is 14.3. The molecule has 2 aliphatic rings. The molecule has 1 aliphatic heterocycles. The van der Waals surface area contributed by atoms with Crippen molar-refractivity contribution in [2.75, 3.05) is 31.9 Å². The van der Waals surface area contributed by atoms with Gasteiger partial charge in [0.25, 0.3) is 0 Å². The van der Waals surface area contributed by atoms with Crippen LogP contribution < -0.4 is 0 Å². The minimum absolute atomic E-state index is 0.0253. The van der Waals surface area contributed by atoms with Crippen molar-refractivity contribution in [3.05, 3.63) is 35.1 Å². The van der Waals surface area contributed by atoms with Gasteiger partial charge in [-0.3, -0.25) is 9.69 Å². The fourth-order valence-electron chi connectivity index (χ4n) is 5.18. The third-order valence-electron chi connectivity index (χ3n) is 6.86. The van der Waals surface area contributed by atoms with Gasteiger partial charge in [-0.15, -0.1) is 0 Å². The monoisotopic (exact) mass is 438 g/mol. The summed E-state index contributed by atoms with van der Waals surface area (Å²) in [6.45, 7) is 6.21. The molecule has 3 rings (SSSR count). The van der Waals surface area contributed by atoms with Gasteiger partial charge in [0.05, 0.1) is 5.75 Å². The Bertz CT molecular complexity index is 842. The van der Waals surface area contributed by atoms with Crippen LogP contribution in [0.15, 0.2) is 18.2 Å². The second-order valence-electron chi connectivity index (χ2n) is 8.87. The van der Waals surface area contributed by atoms with Crippen LogP contribution in [0.2, 0.25) is 0 Å². The van der Waals surface area contributed by atoms with E-state index < -0.39 is 10.0 Å². The van der Waals surface area contributed by atoms with Crippen LogP contribution in [-0.2, 0) is 10.0 Å². The summed E-state index contributed by atoms with van der Waals surface area (Å²) in [4.78, 5) is 15.3. The first kappa shape index (κ1) is 23.4. The first-order valence-corrected chi connectivity index (χ1v) is 12.9. The number of Topliss-reactive ketones (excluding diaryl/α,β-unsaturated/α-hetero) is 1. The number of carbonyl (C=O) groups is 1. The molecule has 0 radical (unpaired) electrons. The summed E-state index contributed by atoms with van der Waals surface area (Å²) >= 11 is 0. The molecule has 1 saturated carbocycles. The predicted molar refractivity (Wildman–Crippen MR) is 118 cm³/mol. The summed E-state index contributed by atoms with van der Waals surface area (Å²) in [6, 6.07) is 4.37. The van der Waals surface area contributed by atoms with E-state index in [-0.39, 0.29) is 22.9 Å². The number of sulfonamides is 1. The molecule has 1 heterocycles. The van der Waals surface area contributed by atoms with Gasteiger partial charge in [0.1, 0.15) is 5.82 Å². The van der Waals surface area contributed by atoms with E-state index >= 15 is 0 Å². The minimum Gasteiger partial charge on any atom is -0.295 e. The Morgan fingerprint density at radius 3 is 2.37 bits per heavy atom. The molecule has 168 valence electrons. The SMILES string of the molecule is CCCS(=O)(=O)N1CCN(C2(CCC(=O)c3ccc(F)cc3C)CCCCC2)CC1. The lowest BCUT2D eigenvalue weighted by atomic mass is 9.76. The normalized spacial score (nSPS) is 20.9. The van der Waals surface area contributed by atoms with E-state index in [4.69, 9.17) is 0 Å². The van der Waals surface area contributed by atoms with Gasteiger partial charge < -0.3 is 0 Å². The molecule has 1 aromatic carbocycles. The molecule has 1 aliphatic carbocycles. The summed E-state index contributed by atoms with van der Waals surface area (Å²) < 4.78 is 39.9. The van der Waals surface area contributed by atoms with Gasteiger partial charge >= 0.3 is 0 Å². The van der Waals surface area contributed by atoms with E-state index in [1.54, 1.807) is 17.3 Å². The number of rotatable bonds is 8. The van der Waals surface area contributed by atoms with Gasteiger partial charge in [0, 0.05) is 43.7 Å². The maximum atomic E-state index is 13.4. The lowest BCUT2D eigenvalue weighted by molar-refractivity contribution is 0.0165. The molecule has 0 unspecified atom stereocenters. The summed E-state index contributed by atoms with van der Waals surface area (Å²) in [6.07, 6.45) is 7.51. The van der Waals surface area contributed by atoms with Crippen LogP contribution in [0.1, 0.15) is 74.2 Å². The molecule has 1 saturated heterocycles. The zero-order chi connectivity index (χ0) is 21.8. The second-order valence-corrected chi connectivity index (χ2v) is 11.0. The Labute approximate surface area is 180 Å². The molecule has 5 nitrogen and oxygen atoms in total. The van der Waals surface area contributed by atoms with Crippen LogP contribution in [0.3, 0.4) is 0 Å². The van der Waals surface area contributed by atoms with E-state index in [0.717, 1.165) is 45.2 Å². The maximum Gasteiger partial charge on any atom is 0.214 e. The lowest BCUT2D eigenvalue weighted by Gasteiger charge is -2.50. The average molecular weight is 439 g/mol. The molecular weight excluding hydrogens is 403 g/mol. The van der Waals surface area contributed by atoms with E-state index in [1.807, 2.05) is 6.92 Å². The zero-order valence-corrected chi connectivity index (χ0v) is 19.1. The van der Waals surface area contributed by atoms with Crippen molar-refractivity contribution < 1.29 is 17.6 Å². The third-order valence-corrected chi connectivity index (χ3v) is 8.93. The number of benzene rings is 1. The number of hydrogen-bond donors (Lipinski definition) is 0. The third kappa shape index (κ3) is 5.29. The van der Waals surface area contributed by atoms with Crippen LogP contribution in [0.5, 0.6) is 0 Å². The predicted octanol–water partition coefficient (Wildman–Crippen LogP) is 4.16. The molecule has 7 heteroatoms. The number of aryl methyl sites for hydroxylation is 1. The van der Waals surface area contributed by atoms with Crippen molar-refractivity contribution >= 4 is 15.8 Å². The van der Waals surface area contributed by atoms with Crippen LogP contribution in [0.25, 0.3) is 0 Å². The highest BCUT2D eigenvalue weighted by molar-refractivity contribution is 7.89. The molecular formula is C23H35FN2O3S. The molecule has 0 N–H and O–H groups in total. The number of nitrogens with zero attached hydrogens (tertiary/aromatic N) is 2. The van der Waals surface area contributed by atoms with Crippen molar-refractivity contribution in [2.24, 2.45) is 0 Å². The molecule has 0 atom stereocenters. The van der Waals surface area contributed by atoms with Gasteiger partial charge in [-0.1, -0.05) is 26.2 Å². The Morgan fingerprint density at radius 1 is 1.10 bits per heavy atom. The summed E-state index contributed by atoms with van der Waals surface area (Å²) in [7, 11) is -3.16.